The standard InChI is InChI=1S/C13H17BrClNO/c1-13(2)8-10(5-6-17-13)16-12-4-3-9(14)7-11(12)15/h3-4,7,10,16H,5-6,8H2,1-2H3. The number of benzene rings is 1. The molecular weight excluding hydrogens is 302 g/mol. The third-order valence-electron chi connectivity index (χ3n) is 2.99. The highest BCUT2D eigenvalue weighted by Crippen LogP contribution is 2.30. The van der Waals surface area contributed by atoms with Gasteiger partial charge in [-0.05, 0) is 44.9 Å². The molecule has 1 heterocycles. The van der Waals surface area contributed by atoms with E-state index in [1.165, 1.54) is 0 Å². The number of ether oxygens (including phenoxy) is 1. The Morgan fingerprint density at radius 1 is 1.47 bits per heavy atom. The molecule has 1 aromatic carbocycles. The summed E-state index contributed by atoms with van der Waals surface area (Å²) in [6.45, 7) is 5.06. The summed E-state index contributed by atoms with van der Waals surface area (Å²) in [4.78, 5) is 0. The van der Waals surface area contributed by atoms with Gasteiger partial charge in [-0.25, -0.2) is 0 Å². The normalized spacial score (nSPS) is 23.4. The third kappa shape index (κ3) is 3.60. The molecule has 1 fully saturated rings. The number of hydrogen-bond acceptors (Lipinski definition) is 2. The Bertz CT molecular complexity index is 408. The molecule has 1 atom stereocenters. The molecule has 4 heteroatoms. The number of nitrogens with one attached hydrogen (secondary N) is 1. The second kappa shape index (κ2) is 5.17. The monoisotopic (exact) mass is 317 g/mol. The number of halogens is 2. The molecule has 0 aliphatic carbocycles. The fraction of sp³-hybridized carbons (Fsp3) is 0.538. The van der Waals surface area contributed by atoms with Gasteiger partial charge in [0.2, 0.25) is 0 Å². The van der Waals surface area contributed by atoms with Gasteiger partial charge in [-0.1, -0.05) is 27.5 Å². The molecule has 0 aromatic heterocycles. The van der Waals surface area contributed by atoms with Crippen LogP contribution in [0.3, 0.4) is 0 Å². The fourth-order valence-corrected chi connectivity index (χ4v) is 2.91. The first-order chi connectivity index (χ1) is 7.96. The zero-order chi connectivity index (χ0) is 12.5. The Labute approximate surface area is 116 Å². The molecule has 0 radical (unpaired) electrons. The lowest BCUT2D eigenvalue weighted by Crippen LogP contribution is -2.40. The van der Waals surface area contributed by atoms with Crippen LogP contribution in [0.2, 0.25) is 5.02 Å². The average molecular weight is 319 g/mol. The van der Waals surface area contributed by atoms with E-state index in [0.717, 1.165) is 34.6 Å². The quantitative estimate of drug-likeness (QED) is 0.868. The summed E-state index contributed by atoms with van der Waals surface area (Å²) in [5.41, 5.74) is 0.954. The molecule has 1 aliphatic rings. The number of rotatable bonds is 2. The van der Waals surface area contributed by atoms with Gasteiger partial charge in [0.05, 0.1) is 16.3 Å². The molecule has 0 spiro atoms. The first-order valence-electron chi connectivity index (χ1n) is 5.82. The Balaban J connectivity index is 2.05. The highest BCUT2D eigenvalue weighted by Gasteiger charge is 2.28. The van der Waals surface area contributed by atoms with Crippen LogP contribution in [0.15, 0.2) is 22.7 Å². The maximum absolute atomic E-state index is 6.20. The topological polar surface area (TPSA) is 21.3 Å². The van der Waals surface area contributed by atoms with Crippen molar-refractivity contribution in [3.8, 4) is 0 Å². The smallest absolute Gasteiger partial charge is 0.0648 e. The summed E-state index contributed by atoms with van der Waals surface area (Å²) in [6, 6.07) is 6.35. The van der Waals surface area contributed by atoms with Crippen LogP contribution in [-0.2, 0) is 4.74 Å². The van der Waals surface area contributed by atoms with Crippen LogP contribution in [0.4, 0.5) is 5.69 Å². The van der Waals surface area contributed by atoms with Crippen molar-refractivity contribution < 1.29 is 4.74 Å². The largest absolute Gasteiger partial charge is 0.381 e. The molecule has 1 aliphatic heterocycles. The Morgan fingerprint density at radius 2 is 2.24 bits per heavy atom. The molecular formula is C13H17BrClNO. The predicted octanol–water partition coefficient (Wildman–Crippen LogP) is 4.47. The number of hydrogen-bond donors (Lipinski definition) is 1. The fourth-order valence-electron chi connectivity index (χ4n) is 2.18. The van der Waals surface area contributed by atoms with Crippen LogP contribution < -0.4 is 5.32 Å². The van der Waals surface area contributed by atoms with E-state index in [1.807, 2.05) is 18.2 Å². The van der Waals surface area contributed by atoms with Gasteiger partial charge in [-0.2, -0.15) is 0 Å². The van der Waals surface area contributed by atoms with E-state index in [2.05, 4.69) is 35.1 Å². The van der Waals surface area contributed by atoms with Crippen LogP contribution >= 0.6 is 27.5 Å². The van der Waals surface area contributed by atoms with E-state index in [0.29, 0.717) is 6.04 Å². The molecule has 1 saturated heterocycles. The minimum absolute atomic E-state index is 0.0439. The van der Waals surface area contributed by atoms with Gasteiger partial charge in [0.25, 0.3) is 0 Å². The van der Waals surface area contributed by atoms with Crippen molar-refractivity contribution >= 4 is 33.2 Å². The van der Waals surface area contributed by atoms with E-state index >= 15 is 0 Å². The Morgan fingerprint density at radius 3 is 2.88 bits per heavy atom. The van der Waals surface area contributed by atoms with Gasteiger partial charge < -0.3 is 10.1 Å². The molecule has 0 saturated carbocycles. The van der Waals surface area contributed by atoms with Crippen molar-refractivity contribution in [2.75, 3.05) is 11.9 Å². The summed E-state index contributed by atoms with van der Waals surface area (Å²) >= 11 is 9.60. The van der Waals surface area contributed by atoms with Gasteiger partial charge in [-0.3, -0.25) is 0 Å². The minimum atomic E-state index is -0.0439. The van der Waals surface area contributed by atoms with Crippen LogP contribution in [0.25, 0.3) is 0 Å². The van der Waals surface area contributed by atoms with Crippen molar-refractivity contribution in [2.45, 2.75) is 38.3 Å². The summed E-state index contributed by atoms with van der Waals surface area (Å²) in [5.74, 6) is 0. The van der Waals surface area contributed by atoms with Gasteiger partial charge in [0.15, 0.2) is 0 Å². The van der Waals surface area contributed by atoms with Crippen LogP contribution in [0.1, 0.15) is 26.7 Å². The first-order valence-corrected chi connectivity index (χ1v) is 6.99. The van der Waals surface area contributed by atoms with E-state index in [9.17, 15) is 0 Å². The molecule has 1 N–H and O–H groups in total. The van der Waals surface area contributed by atoms with E-state index in [4.69, 9.17) is 16.3 Å². The average Bonchev–Trinajstić information content (AvgIpc) is 2.21. The molecule has 1 unspecified atom stereocenters. The van der Waals surface area contributed by atoms with Gasteiger partial charge in [0.1, 0.15) is 0 Å². The van der Waals surface area contributed by atoms with Crippen LogP contribution in [0.5, 0.6) is 0 Å². The SMILES string of the molecule is CC1(C)CC(Nc2ccc(Br)cc2Cl)CCO1. The van der Waals surface area contributed by atoms with Gasteiger partial charge in [0, 0.05) is 17.1 Å². The number of anilines is 1. The lowest BCUT2D eigenvalue weighted by atomic mass is 9.94. The molecule has 2 rings (SSSR count). The maximum Gasteiger partial charge on any atom is 0.0648 e. The van der Waals surface area contributed by atoms with Gasteiger partial charge >= 0.3 is 0 Å². The van der Waals surface area contributed by atoms with Crippen LogP contribution in [0, 0.1) is 0 Å². The van der Waals surface area contributed by atoms with Crippen molar-refractivity contribution in [3.05, 3.63) is 27.7 Å². The molecule has 0 amide bonds. The van der Waals surface area contributed by atoms with E-state index in [-0.39, 0.29) is 5.60 Å². The van der Waals surface area contributed by atoms with Crippen molar-refractivity contribution in [3.63, 3.8) is 0 Å². The highest BCUT2D eigenvalue weighted by atomic mass is 79.9. The minimum Gasteiger partial charge on any atom is -0.381 e. The maximum atomic E-state index is 6.20. The zero-order valence-electron chi connectivity index (χ0n) is 10.1. The third-order valence-corrected chi connectivity index (χ3v) is 3.79. The molecule has 17 heavy (non-hydrogen) atoms. The molecule has 2 nitrogen and oxygen atoms in total. The summed E-state index contributed by atoms with van der Waals surface area (Å²) in [6.07, 6.45) is 2.02. The predicted molar refractivity (Wildman–Crippen MR) is 75.8 cm³/mol. The second-order valence-corrected chi connectivity index (χ2v) is 6.39. The second-order valence-electron chi connectivity index (χ2n) is 5.07. The van der Waals surface area contributed by atoms with Crippen molar-refractivity contribution in [2.24, 2.45) is 0 Å². The summed E-state index contributed by atoms with van der Waals surface area (Å²) in [5, 5.41) is 4.25. The van der Waals surface area contributed by atoms with Gasteiger partial charge in [-0.15, -0.1) is 0 Å². The van der Waals surface area contributed by atoms with E-state index in [1.54, 1.807) is 0 Å². The summed E-state index contributed by atoms with van der Waals surface area (Å²) in [7, 11) is 0. The van der Waals surface area contributed by atoms with E-state index < -0.39 is 0 Å². The summed E-state index contributed by atoms with van der Waals surface area (Å²) < 4.78 is 6.70. The lowest BCUT2D eigenvalue weighted by molar-refractivity contribution is -0.0553. The lowest BCUT2D eigenvalue weighted by Gasteiger charge is -2.36. The van der Waals surface area contributed by atoms with Crippen molar-refractivity contribution in [1.82, 2.24) is 0 Å². The van der Waals surface area contributed by atoms with Crippen molar-refractivity contribution in [1.29, 1.82) is 0 Å². The Kier molecular flexibility index (Phi) is 4.01. The molecule has 0 bridgehead atoms. The first kappa shape index (κ1) is 13.2. The Hall–Kier alpha value is -0.250. The zero-order valence-corrected chi connectivity index (χ0v) is 12.4. The highest BCUT2D eigenvalue weighted by molar-refractivity contribution is 9.10. The molecule has 1 aromatic rings. The van der Waals surface area contributed by atoms with Crippen LogP contribution in [-0.4, -0.2) is 18.2 Å². The molecule has 94 valence electrons.